The second-order valence-electron chi connectivity index (χ2n) is 5.27. The highest BCUT2D eigenvalue weighted by molar-refractivity contribution is 5.85. The van der Waals surface area contributed by atoms with E-state index < -0.39 is 5.09 Å². The molecule has 122 valence electrons. The zero-order valence-electron chi connectivity index (χ0n) is 12.7. The number of hydrogen-bond donors (Lipinski definition) is 1. The number of nitrogens with zero attached hydrogens (tertiary/aromatic N) is 4. The van der Waals surface area contributed by atoms with Crippen molar-refractivity contribution in [2.75, 3.05) is 6.61 Å². The van der Waals surface area contributed by atoms with E-state index >= 15 is 0 Å². The average molecular weight is 319 g/mol. The minimum Gasteiger partial charge on any atom is -0.367 e. The van der Waals surface area contributed by atoms with E-state index in [-0.39, 0.29) is 18.5 Å². The molecule has 1 heterocycles. The monoisotopic (exact) mass is 319 g/mol. The molecule has 9 heteroatoms. The minimum atomic E-state index is -0.784. The van der Waals surface area contributed by atoms with Crippen LogP contribution in [0.4, 0.5) is 5.69 Å². The Bertz CT molecular complexity index is 682. The third-order valence-corrected chi connectivity index (χ3v) is 3.71. The van der Waals surface area contributed by atoms with Crippen LogP contribution in [0.5, 0.6) is 0 Å². The van der Waals surface area contributed by atoms with Crippen molar-refractivity contribution in [1.82, 2.24) is 4.98 Å². The number of aromatic nitrogens is 1. The molecule has 2 rings (SSSR count). The number of aryl methyl sites for hydroxylation is 2. The molecule has 1 aromatic rings. The SMILES string of the molecule is Cc1nc2c(cc1N=C(N)N=C=O)CCCCC2CO[N+](=O)[O-]. The maximum atomic E-state index is 10.4. The fourth-order valence-electron chi connectivity index (χ4n) is 2.67. The molecule has 0 aromatic carbocycles. The summed E-state index contributed by atoms with van der Waals surface area (Å²) in [6, 6.07) is 1.84. The Hall–Kier alpha value is -2.80. The average Bonchev–Trinajstić information content (AvgIpc) is 2.68. The molecule has 9 nitrogen and oxygen atoms in total. The maximum absolute atomic E-state index is 10.4. The van der Waals surface area contributed by atoms with Crippen molar-refractivity contribution in [3.8, 4) is 0 Å². The van der Waals surface area contributed by atoms with Gasteiger partial charge in [0.15, 0.2) is 0 Å². The van der Waals surface area contributed by atoms with E-state index in [2.05, 4.69) is 19.8 Å². The lowest BCUT2D eigenvalue weighted by Crippen LogP contribution is -2.14. The summed E-state index contributed by atoms with van der Waals surface area (Å²) in [6.45, 7) is 1.75. The largest absolute Gasteiger partial charge is 0.367 e. The van der Waals surface area contributed by atoms with Crippen LogP contribution in [0, 0.1) is 17.0 Å². The van der Waals surface area contributed by atoms with Gasteiger partial charge in [-0.2, -0.15) is 0 Å². The number of guanidine groups is 1. The van der Waals surface area contributed by atoms with Crippen molar-refractivity contribution in [2.45, 2.75) is 38.5 Å². The van der Waals surface area contributed by atoms with Gasteiger partial charge < -0.3 is 10.6 Å². The summed E-state index contributed by atoms with van der Waals surface area (Å²) < 4.78 is 0. The van der Waals surface area contributed by atoms with Crippen LogP contribution in [-0.2, 0) is 16.1 Å². The number of isocyanates is 1. The van der Waals surface area contributed by atoms with Gasteiger partial charge in [0, 0.05) is 11.6 Å². The number of rotatable bonds is 4. The quantitative estimate of drug-likeness (QED) is 0.224. The minimum absolute atomic E-state index is 0.00731. The number of nitrogens with two attached hydrogens (primary N) is 1. The molecule has 1 aliphatic rings. The molecule has 0 amide bonds. The van der Waals surface area contributed by atoms with E-state index in [9.17, 15) is 14.9 Å². The van der Waals surface area contributed by atoms with Crippen LogP contribution in [0.1, 0.15) is 42.1 Å². The van der Waals surface area contributed by atoms with E-state index in [1.54, 1.807) is 6.92 Å². The highest BCUT2D eigenvalue weighted by Crippen LogP contribution is 2.32. The Kier molecular flexibility index (Phi) is 5.37. The Balaban J connectivity index is 2.37. The standard InChI is InChI=1S/C14H17N5O4/c1-9-12(18-14(15)16-8-20)6-10-4-2-3-5-11(13(10)17-9)7-23-19(21)22/h6,11H,2-5,7H2,1H3,(H2,15,18). The van der Waals surface area contributed by atoms with E-state index in [0.29, 0.717) is 11.4 Å². The predicted octanol–water partition coefficient (Wildman–Crippen LogP) is 1.69. The Morgan fingerprint density at radius 2 is 2.39 bits per heavy atom. The third kappa shape index (κ3) is 4.33. The van der Waals surface area contributed by atoms with Gasteiger partial charge in [0.2, 0.25) is 12.0 Å². The van der Waals surface area contributed by atoms with Crippen LogP contribution in [0.25, 0.3) is 0 Å². The number of hydrogen-bond acceptors (Lipinski definition) is 6. The Morgan fingerprint density at radius 1 is 1.61 bits per heavy atom. The van der Waals surface area contributed by atoms with Crippen LogP contribution < -0.4 is 5.73 Å². The molecular formula is C14H17N5O4. The van der Waals surface area contributed by atoms with Crippen LogP contribution in [0.15, 0.2) is 16.1 Å². The van der Waals surface area contributed by atoms with Crippen LogP contribution in [0.2, 0.25) is 0 Å². The third-order valence-electron chi connectivity index (χ3n) is 3.71. The van der Waals surface area contributed by atoms with Crippen LogP contribution >= 0.6 is 0 Å². The highest BCUT2D eigenvalue weighted by atomic mass is 16.9. The first kappa shape index (κ1) is 16.6. The van der Waals surface area contributed by atoms with Gasteiger partial charge in [-0.1, -0.05) is 6.42 Å². The van der Waals surface area contributed by atoms with E-state index in [1.165, 1.54) is 6.08 Å². The summed E-state index contributed by atoms with van der Waals surface area (Å²) in [5.74, 6) is -0.313. The molecule has 0 fully saturated rings. The Morgan fingerprint density at radius 3 is 3.09 bits per heavy atom. The molecule has 2 N–H and O–H groups in total. The number of pyridine rings is 1. The van der Waals surface area contributed by atoms with Crippen molar-refractivity contribution >= 4 is 17.7 Å². The van der Waals surface area contributed by atoms with Gasteiger partial charge in [-0.3, -0.25) is 4.98 Å². The fraction of sp³-hybridized carbons (Fsp3) is 0.500. The first-order chi connectivity index (χ1) is 11.0. The highest BCUT2D eigenvalue weighted by Gasteiger charge is 2.23. The van der Waals surface area contributed by atoms with Gasteiger partial charge in [-0.15, -0.1) is 15.1 Å². The van der Waals surface area contributed by atoms with Crippen molar-refractivity contribution in [3.63, 3.8) is 0 Å². The molecule has 1 aliphatic carbocycles. The van der Waals surface area contributed by atoms with Gasteiger partial charge in [0.1, 0.15) is 6.61 Å². The first-order valence-electron chi connectivity index (χ1n) is 7.21. The van der Waals surface area contributed by atoms with Crippen molar-refractivity contribution in [1.29, 1.82) is 0 Å². The molecule has 0 bridgehead atoms. The second-order valence-corrected chi connectivity index (χ2v) is 5.27. The molecule has 1 unspecified atom stereocenters. The fourth-order valence-corrected chi connectivity index (χ4v) is 2.67. The first-order valence-corrected chi connectivity index (χ1v) is 7.21. The maximum Gasteiger partial charge on any atom is 0.294 e. The van der Waals surface area contributed by atoms with E-state index in [1.807, 2.05) is 6.07 Å². The van der Waals surface area contributed by atoms with Gasteiger partial charge in [0.05, 0.1) is 11.4 Å². The predicted molar refractivity (Wildman–Crippen MR) is 81.6 cm³/mol. The van der Waals surface area contributed by atoms with Gasteiger partial charge in [-0.05, 0) is 37.8 Å². The molecule has 1 atom stereocenters. The number of fused-ring (bicyclic) bond motifs is 1. The topological polar surface area (TPSA) is 133 Å². The van der Waals surface area contributed by atoms with Gasteiger partial charge >= 0.3 is 0 Å². The van der Waals surface area contributed by atoms with E-state index in [0.717, 1.165) is 36.9 Å². The van der Waals surface area contributed by atoms with Crippen molar-refractivity contribution in [2.24, 2.45) is 15.7 Å². The molecule has 0 spiro atoms. The Labute approximate surface area is 132 Å². The summed E-state index contributed by atoms with van der Waals surface area (Å²) in [4.78, 5) is 37.0. The molecule has 0 aliphatic heterocycles. The van der Waals surface area contributed by atoms with Crippen LogP contribution in [-0.4, -0.2) is 28.7 Å². The van der Waals surface area contributed by atoms with Crippen LogP contribution in [0.3, 0.4) is 0 Å². The zero-order valence-corrected chi connectivity index (χ0v) is 12.7. The van der Waals surface area contributed by atoms with E-state index in [4.69, 9.17) is 5.73 Å². The summed E-state index contributed by atoms with van der Waals surface area (Å²) in [7, 11) is 0. The summed E-state index contributed by atoms with van der Waals surface area (Å²) in [5.41, 5.74) is 8.40. The molecule has 0 saturated heterocycles. The molecule has 0 saturated carbocycles. The zero-order chi connectivity index (χ0) is 16.8. The molecular weight excluding hydrogens is 302 g/mol. The van der Waals surface area contributed by atoms with Gasteiger partial charge in [-0.25, -0.2) is 9.79 Å². The van der Waals surface area contributed by atoms with Gasteiger partial charge in [0.25, 0.3) is 5.09 Å². The normalized spacial score (nSPS) is 17.6. The van der Waals surface area contributed by atoms with Crippen molar-refractivity contribution in [3.05, 3.63) is 33.1 Å². The lowest BCUT2D eigenvalue weighted by atomic mass is 9.98. The summed E-state index contributed by atoms with van der Waals surface area (Å²) in [6.07, 6.45) is 4.82. The lowest BCUT2D eigenvalue weighted by Gasteiger charge is -2.17. The lowest BCUT2D eigenvalue weighted by molar-refractivity contribution is -0.758. The molecule has 1 aromatic heterocycles. The smallest absolute Gasteiger partial charge is 0.294 e. The summed E-state index contributed by atoms with van der Waals surface area (Å²) >= 11 is 0. The number of carbonyl (C=O) groups excluding carboxylic acids is 1. The second kappa shape index (κ2) is 7.46. The number of aliphatic imine (C=N–C) groups is 2. The molecule has 0 radical (unpaired) electrons. The molecule has 23 heavy (non-hydrogen) atoms. The summed E-state index contributed by atoms with van der Waals surface area (Å²) in [5, 5.41) is 9.65. The van der Waals surface area contributed by atoms with Crippen molar-refractivity contribution < 1.29 is 14.7 Å².